The summed E-state index contributed by atoms with van der Waals surface area (Å²) in [4.78, 5) is 24.8. The number of esters is 1. The first-order chi connectivity index (χ1) is 8.63. The molecule has 0 unspecified atom stereocenters. The van der Waals surface area contributed by atoms with Crippen LogP contribution in [0.25, 0.3) is 0 Å². The molecule has 0 aliphatic heterocycles. The van der Waals surface area contributed by atoms with Gasteiger partial charge in [-0.25, -0.2) is 0 Å². The zero-order valence-electron chi connectivity index (χ0n) is 10.9. The fraction of sp³-hybridized carbons (Fsp3) is 0.429. The van der Waals surface area contributed by atoms with Crippen LogP contribution in [0.4, 0.5) is 0 Å². The van der Waals surface area contributed by atoms with Crippen LogP contribution in [0, 0.1) is 0 Å². The Morgan fingerprint density at radius 1 is 1.22 bits per heavy atom. The lowest BCUT2D eigenvalue weighted by Gasteiger charge is -2.14. The van der Waals surface area contributed by atoms with Gasteiger partial charge in [0.05, 0.1) is 13.2 Å². The lowest BCUT2D eigenvalue weighted by atomic mass is 10.1. The van der Waals surface area contributed by atoms with Crippen molar-refractivity contribution in [2.24, 2.45) is 0 Å². The number of carbonyl (C=O) groups is 2. The summed E-state index contributed by atoms with van der Waals surface area (Å²) in [5, 5.41) is 0. The minimum absolute atomic E-state index is 0.0892. The molecule has 0 bridgehead atoms. The molecule has 18 heavy (non-hydrogen) atoms. The van der Waals surface area contributed by atoms with Crippen molar-refractivity contribution in [1.29, 1.82) is 0 Å². The van der Waals surface area contributed by atoms with Gasteiger partial charge >= 0.3 is 5.97 Å². The molecule has 0 radical (unpaired) electrons. The Labute approximate surface area is 108 Å². The summed E-state index contributed by atoms with van der Waals surface area (Å²) in [7, 11) is 1.80. The first-order valence-electron chi connectivity index (χ1n) is 6.06. The Hall–Kier alpha value is -1.68. The van der Waals surface area contributed by atoms with E-state index in [1.54, 1.807) is 31.0 Å². The minimum Gasteiger partial charge on any atom is -0.465 e. The average molecular weight is 249 g/mol. The van der Waals surface area contributed by atoms with Crippen LogP contribution in [0.2, 0.25) is 0 Å². The van der Waals surface area contributed by atoms with Gasteiger partial charge in [-0.3, -0.25) is 14.5 Å². The van der Waals surface area contributed by atoms with Gasteiger partial charge in [0.2, 0.25) is 0 Å². The predicted octanol–water partition coefficient (Wildman–Crippen LogP) is 1.75. The number of ether oxygens (including phenoxy) is 1. The average Bonchev–Trinajstić information content (AvgIpc) is 2.37. The maximum Gasteiger partial charge on any atom is 0.320 e. The first-order valence-corrected chi connectivity index (χ1v) is 6.06. The van der Waals surface area contributed by atoms with Crippen LogP contribution in [0.15, 0.2) is 30.3 Å². The standard InChI is InChI=1S/C14H19NO3/c1-3-18-14(17)11-15(2)10-9-13(16)12-7-5-4-6-8-12/h4-8H,3,9-11H2,1-2H3. The molecule has 0 fully saturated rings. The van der Waals surface area contributed by atoms with Gasteiger partial charge in [-0.05, 0) is 14.0 Å². The fourth-order valence-electron chi connectivity index (χ4n) is 1.57. The van der Waals surface area contributed by atoms with Crippen LogP contribution in [0.3, 0.4) is 0 Å². The third-order valence-corrected chi connectivity index (χ3v) is 2.52. The summed E-state index contributed by atoms with van der Waals surface area (Å²) >= 11 is 0. The summed E-state index contributed by atoms with van der Waals surface area (Å²) in [5.41, 5.74) is 0.710. The van der Waals surface area contributed by atoms with Crippen molar-refractivity contribution < 1.29 is 14.3 Å². The highest BCUT2D eigenvalue weighted by atomic mass is 16.5. The minimum atomic E-state index is -0.257. The molecule has 0 N–H and O–H groups in total. The molecule has 0 saturated heterocycles. The van der Waals surface area contributed by atoms with Crippen molar-refractivity contribution in [2.45, 2.75) is 13.3 Å². The number of benzene rings is 1. The molecule has 0 aliphatic carbocycles. The molecule has 1 rings (SSSR count). The van der Waals surface area contributed by atoms with E-state index in [1.807, 2.05) is 18.2 Å². The molecule has 0 spiro atoms. The Bertz CT molecular complexity index is 389. The van der Waals surface area contributed by atoms with Crippen LogP contribution in [0.5, 0.6) is 0 Å². The highest BCUT2D eigenvalue weighted by molar-refractivity contribution is 5.96. The Morgan fingerprint density at radius 3 is 2.50 bits per heavy atom. The van der Waals surface area contributed by atoms with Crippen LogP contribution in [-0.4, -0.2) is 43.4 Å². The first kappa shape index (κ1) is 14.4. The molecule has 0 atom stereocenters. The Kier molecular flexibility index (Phi) is 6.08. The quantitative estimate of drug-likeness (QED) is 0.545. The predicted molar refractivity (Wildman–Crippen MR) is 69.5 cm³/mol. The maximum atomic E-state index is 11.8. The van der Waals surface area contributed by atoms with E-state index < -0.39 is 0 Å². The lowest BCUT2D eigenvalue weighted by molar-refractivity contribution is -0.144. The third-order valence-electron chi connectivity index (χ3n) is 2.52. The number of nitrogens with zero attached hydrogens (tertiary/aromatic N) is 1. The van der Waals surface area contributed by atoms with Gasteiger partial charge in [0.1, 0.15) is 0 Å². The number of hydrogen-bond donors (Lipinski definition) is 0. The molecule has 4 nitrogen and oxygen atoms in total. The van der Waals surface area contributed by atoms with E-state index in [1.165, 1.54) is 0 Å². The van der Waals surface area contributed by atoms with Gasteiger partial charge in [0.25, 0.3) is 0 Å². The molecule has 0 aliphatic rings. The summed E-state index contributed by atoms with van der Waals surface area (Å²) in [5.74, 6) is -0.168. The second-order valence-corrected chi connectivity index (χ2v) is 4.08. The number of rotatable bonds is 7. The number of hydrogen-bond acceptors (Lipinski definition) is 4. The molecule has 1 aromatic carbocycles. The number of likely N-dealkylation sites (N-methyl/N-ethyl adjacent to an activating group) is 1. The molecular weight excluding hydrogens is 230 g/mol. The second-order valence-electron chi connectivity index (χ2n) is 4.08. The SMILES string of the molecule is CCOC(=O)CN(C)CCC(=O)c1ccccc1. The zero-order valence-corrected chi connectivity index (χ0v) is 10.9. The van der Waals surface area contributed by atoms with E-state index in [0.29, 0.717) is 25.1 Å². The van der Waals surface area contributed by atoms with Crippen LogP contribution in [0.1, 0.15) is 23.7 Å². The van der Waals surface area contributed by atoms with Crippen LogP contribution < -0.4 is 0 Å². The van der Waals surface area contributed by atoms with Crippen LogP contribution in [-0.2, 0) is 9.53 Å². The Morgan fingerprint density at radius 2 is 1.89 bits per heavy atom. The number of Topliss-reactive ketones (excluding diaryl/α,β-unsaturated/α-hetero) is 1. The van der Waals surface area contributed by atoms with Crippen molar-refractivity contribution in [3.8, 4) is 0 Å². The van der Waals surface area contributed by atoms with Crippen molar-refractivity contribution in [1.82, 2.24) is 4.90 Å². The maximum absolute atomic E-state index is 11.8. The molecule has 0 aromatic heterocycles. The normalized spacial score (nSPS) is 10.4. The third kappa shape index (κ3) is 5.10. The molecule has 0 amide bonds. The zero-order chi connectivity index (χ0) is 13.4. The highest BCUT2D eigenvalue weighted by Crippen LogP contribution is 2.03. The van der Waals surface area contributed by atoms with Gasteiger partial charge < -0.3 is 4.74 Å². The summed E-state index contributed by atoms with van der Waals surface area (Å²) in [6.45, 7) is 2.93. The topological polar surface area (TPSA) is 46.6 Å². The fourth-order valence-corrected chi connectivity index (χ4v) is 1.57. The molecule has 0 saturated carbocycles. The van der Waals surface area contributed by atoms with Gasteiger partial charge in [0, 0.05) is 18.5 Å². The second kappa shape index (κ2) is 7.61. The van der Waals surface area contributed by atoms with Crippen molar-refractivity contribution >= 4 is 11.8 Å². The molecule has 0 heterocycles. The smallest absolute Gasteiger partial charge is 0.320 e. The summed E-state index contributed by atoms with van der Waals surface area (Å²) in [6, 6.07) is 9.16. The monoisotopic (exact) mass is 249 g/mol. The molecule has 1 aromatic rings. The van der Waals surface area contributed by atoms with E-state index in [9.17, 15) is 9.59 Å². The number of carbonyl (C=O) groups excluding carboxylic acids is 2. The van der Waals surface area contributed by atoms with Crippen molar-refractivity contribution in [3.63, 3.8) is 0 Å². The number of ketones is 1. The molecule has 98 valence electrons. The summed E-state index contributed by atoms with van der Waals surface area (Å²) in [6.07, 6.45) is 0.403. The molecule has 4 heteroatoms. The van der Waals surface area contributed by atoms with Gasteiger partial charge in [0.15, 0.2) is 5.78 Å². The van der Waals surface area contributed by atoms with Gasteiger partial charge in [-0.15, -0.1) is 0 Å². The van der Waals surface area contributed by atoms with E-state index >= 15 is 0 Å². The van der Waals surface area contributed by atoms with Crippen LogP contribution >= 0.6 is 0 Å². The van der Waals surface area contributed by atoms with Gasteiger partial charge in [-0.1, -0.05) is 30.3 Å². The van der Waals surface area contributed by atoms with E-state index in [4.69, 9.17) is 4.74 Å². The largest absolute Gasteiger partial charge is 0.465 e. The molecular formula is C14H19NO3. The highest BCUT2D eigenvalue weighted by Gasteiger charge is 2.10. The van der Waals surface area contributed by atoms with E-state index in [0.717, 1.165) is 0 Å². The van der Waals surface area contributed by atoms with Crippen molar-refractivity contribution in [3.05, 3.63) is 35.9 Å². The van der Waals surface area contributed by atoms with Gasteiger partial charge in [-0.2, -0.15) is 0 Å². The lowest BCUT2D eigenvalue weighted by Crippen LogP contribution is -2.29. The van der Waals surface area contributed by atoms with E-state index in [2.05, 4.69) is 0 Å². The Balaban J connectivity index is 2.32. The van der Waals surface area contributed by atoms with Crippen molar-refractivity contribution in [2.75, 3.05) is 26.7 Å². The van der Waals surface area contributed by atoms with E-state index in [-0.39, 0.29) is 18.3 Å². The summed E-state index contributed by atoms with van der Waals surface area (Å²) < 4.78 is 4.84.